The van der Waals surface area contributed by atoms with Crippen LogP contribution in [-0.4, -0.2) is 56.6 Å². The van der Waals surface area contributed by atoms with E-state index in [2.05, 4.69) is 13.8 Å². The van der Waals surface area contributed by atoms with Crippen molar-refractivity contribution in [2.24, 2.45) is 5.92 Å². The number of Topliss-reactive ketones (excluding diaryl/α,β-unsaturated/α-hetero) is 1. The maximum Gasteiger partial charge on any atom is 0.313 e. The summed E-state index contributed by atoms with van der Waals surface area (Å²) in [4.78, 5) is 24.9. The SMILES string of the molecule is CCOC(=O)CC(=O)CN(CCOC)CC(C)C. The Morgan fingerprint density at radius 2 is 1.94 bits per heavy atom. The summed E-state index contributed by atoms with van der Waals surface area (Å²) in [6, 6.07) is 0. The van der Waals surface area contributed by atoms with E-state index in [1.54, 1.807) is 14.0 Å². The van der Waals surface area contributed by atoms with Gasteiger partial charge in [0.2, 0.25) is 0 Å². The van der Waals surface area contributed by atoms with E-state index in [0.717, 1.165) is 6.54 Å². The van der Waals surface area contributed by atoms with Crippen LogP contribution in [-0.2, 0) is 19.1 Å². The molecule has 0 aliphatic heterocycles. The minimum Gasteiger partial charge on any atom is -0.466 e. The molecular formula is C13H25NO4. The van der Waals surface area contributed by atoms with Gasteiger partial charge < -0.3 is 9.47 Å². The fraction of sp³-hybridized carbons (Fsp3) is 0.846. The predicted octanol–water partition coefficient (Wildman–Crippen LogP) is 1.11. The second-order valence-electron chi connectivity index (χ2n) is 4.64. The maximum atomic E-state index is 11.7. The number of esters is 1. The van der Waals surface area contributed by atoms with Gasteiger partial charge in [0.15, 0.2) is 5.78 Å². The summed E-state index contributed by atoms with van der Waals surface area (Å²) < 4.78 is 9.76. The summed E-state index contributed by atoms with van der Waals surface area (Å²) in [5.74, 6) is -0.0822. The first-order chi connectivity index (χ1) is 8.49. The smallest absolute Gasteiger partial charge is 0.313 e. The van der Waals surface area contributed by atoms with E-state index >= 15 is 0 Å². The first-order valence-corrected chi connectivity index (χ1v) is 6.38. The summed E-state index contributed by atoms with van der Waals surface area (Å²) >= 11 is 0. The molecule has 5 nitrogen and oxygen atoms in total. The molecule has 0 saturated carbocycles. The molecular weight excluding hydrogens is 234 g/mol. The van der Waals surface area contributed by atoms with Gasteiger partial charge in [-0.05, 0) is 12.8 Å². The van der Waals surface area contributed by atoms with Crippen molar-refractivity contribution in [2.75, 3.05) is 40.0 Å². The summed E-state index contributed by atoms with van der Waals surface area (Å²) in [6.07, 6.45) is -0.143. The molecule has 106 valence electrons. The Kier molecular flexibility index (Phi) is 9.50. The Morgan fingerprint density at radius 1 is 1.28 bits per heavy atom. The molecule has 0 bridgehead atoms. The van der Waals surface area contributed by atoms with Crippen LogP contribution in [0, 0.1) is 5.92 Å². The van der Waals surface area contributed by atoms with Crippen molar-refractivity contribution in [3.63, 3.8) is 0 Å². The zero-order chi connectivity index (χ0) is 14.0. The van der Waals surface area contributed by atoms with Crippen molar-refractivity contribution in [2.45, 2.75) is 27.2 Å². The lowest BCUT2D eigenvalue weighted by atomic mass is 10.2. The molecule has 0 aromatic rings. The normalized spacial score (nSPS) is 11.0. The molecule has 0 aliphatic carbocycles. The number of hydrogen-bond acceptors (Lipinski definition) is 5. The average molecular weight is 259 g/mol. The lowest BCUT2D eigenvalue weighted by molar-refractivity contribution is -0.145. The summed E-state index contributed by atoms with van der Waals surface area (Å²) in [6.45, 7) is 8.60. The predicted molar refractivity (Wildman–Crippen MR) is 69.4 cm³/mol. The van der Waals surface area contributed by atoms with E-state index in [9.17, 15) is 9.59 Å². The molecule has 0 radical (unpaired) electrons. The summed E-state index contributed by atoms with van der Waals surface area (Å²) in [5, 5.41) is 0. The molecule has 0 aliphatic rings. The molecule has 0 aromatic heterocycles. The Labute approximate surface area is 109 Å². The van der Waals surface area contributed by atoms with Crippen LogP contribution >= 0.6 is 0 Å². The van der Waals surface area contributed by atoms with Crippen molar-refractivity contribution in [3.8, 4) is 0 Å². The third-order valence-corrected chi connectivity index (χ3v) is 2.28. The molecule has 0 heterocycles. The third kappa shape index (κ3) is 9.13. The quantitative estimate of drug-likeness (QED) is 0.434. The topological polar surface area (TPSA) is 55.8 Å². The van der Waals surface area contributed by atoms with E-state index in [4.69, 9.17) is 9.47 Å². The highest BCUT2D eigenvalue weighted by atomic mass is 16.5. The van der Waals surface area contributed by atoms with Crippen LogP contribution in [0.1, 0.15) is 27.2 Å². The van der Waals surface area contributed by atoms with Gasteiger partial charge in [-0.3, -0.25) is 14.5 Å². The number of carbonyl (C=O) groups is 2. The number of ketones is 1. The van der Waals surface area contributed by atoms with Gasteiger partial charge in [-0.1, -0.05) is 13.8 Å². The average Bonchev–Trinajstić information content (AvgIpc) is 2.25. The van der Waals surface area contributed by atoms with Crippen molar-refractivity contribution in [1.29, 1.82) is 0 Å². The lowest BCUT2D eigenvalue weighted by Crippen LogP contribution is -2.36. The first-order valence-electron chi connectivity index (χ1n) is 6.38. The van der Waals surface area contributed by atoms with Gasteiger partial charge in [-0.15, -0.1) is 0 Å². The highest BCUT2D eigenvalue weighted by Gasteiger charge is 2.15. The zero-order valence-electron chi connectivity index (χ0n) is 11.9. The van der Waals surface area contributed by atoms with Crippen LogP contribution in [0.3, 0.4) is 0 Å². The molecule has 0 atom stereocenters. The van der Waals surface area contributed by atoms with Crippen LogP contribution < -0.4 is 0 Å². The number of rotatable bonds is 10. The second-order valence-corrected chi connectivity index (χ2v) is 4.64. The van der Waals surface area contributed by atoms with E-state index in [1.807, 2.05) is 4.90 Å². The zero-order valence-corrected chi connectivity index (χ0v) is 11.9. The van der Waals surface area contributed by atoms with Gasteiger partial charge in [-0.25, -0.2) is 0 Å². The standard InChI is InChI=1S/C13H25NO4/c1-5-18-13(16)8-12(15)10-14(6-7-17-4)9-11(2)3/h11H,5-10H2,1-4H3. The minimum atomic E-state index is -0.446. The number of hydrogen-bond donors (Lipinski definition) is 0. The van der Waals surface area contributed by atoms with Crippen molar-refractivity contribution >= 4 is 11.8 Å². The largest absolute Gasteiger partial charge is 0.466 e. The lowest BCUT2D eigenvalue weighted by Gasteiger charge is -2.22. The Morgan fingerprint density at radius 3 is 2.44 bits per heavy atom. The molecule has 0 N–H and O–H groups in total. The van der Waals surface area contributed by atoms with E-state index in [1.165, 1.54) is 0 Å². The van der Waals surface area contributed by atoms with E-state index in [0.29, 0.717) is 25.7 Å². The van der Waals surface area contributed by atoms with Crippen molar-refractivity contribution < 1.29 is 19.1 Å². The van der Waals surface area contributed by atoms with Crippen LogP contribution in [0.5, 0.6) is 0 Å². The van der Waals surface area contributed by atoms with Crippen LogP contribution in [0.4, 0.5) is 0 Å². The molecule has 0 saturated heterocycles. The van der Waals surface area contributed by atoms with Gasteiger partial charge in [0.25, 0.3) is 0 Å². The first kappa shape index (κ1) is 17.1. The molecule has 5 heteroatoms. The van der Waals surface area contributed by atoms with Gasteiger partial charge in [0.1, 0.15) is 6.42 Å². The van der Waals surface area contributed by atoms with Gasteiger partial charge in [0, 0.05) is 20.2 Å². The van der Waals surface area contributed by atoms with Crippen molar-refractivity contribution in [1.82, 2.24) is 4.90 Å². The fourth-order valence-corrected chi connectivity index (χ4v) is 1.65. The molecule has 18 heavy (non-hydrogen) atoms. The van der Waals surface area contributed by atoms with E-state index < -0.39 is 5.97 Å². The number of carbonyl (C=O) groups excluding carboxylic acids is 2. The number of nitrogens with zero attached hydrogens (tertiary/aromatic N) is 1. The Hall–Kier alpha value is -0.940. The molecule has 0 aromatic carbocycles. The summed E-state index contributed by atoms with van der Waals surface area (Å²) in [5.41, 5.74) is 0. The van der Waals surface area contributed by atoms with Crippen LogP contribution in [0.15, 0.2) is 0 Å². The monoisotopic (exact) mass is 259 g/mol. The Bertz CT molecular complexity index is 253. The highest BCUT2D eigenvalue weighted by molar-refractivity contribution is 5.96. The van der Waals surface area contributed by atoms with Crippen LogP contribution in [0.2, 0.25) is 0 Å². The molecule has 0 unspecified atom stereocenters. The molecule has 0 fully saturated rings. The minimum absolute atomic E-state index is 0.106. The molecule has 0 rings (SSSR count). The number of methoxy groups -OCH3 is 1. The van der Waals surface area contributed by atoms with Gasteiger partial charge >= 0.3 is 5.97 Å². The molecule has 0 spiro atoms. The fourth-order valence-electron chi connectivity index (χ4n) is 1.65. The third-order valence-electron chi connectivity index (χ3n) is 2.28. The highest BCUT2D eigenvalue weighted by Crippen LogP contribution is 2.00. The molecule has 0 amide bonds. The Balaban J connectivity index is 4.12. The van der Waals surface area contributed by atoms with Crippen LogP contribution in [0.25, 0.3) is 0 Å². The van der Waals surface area contributed by atoms with Crippen molar-refractivity contribution in [3.05, 3.63) is 0 Å². The van der Waals surface area contributed by atoms with E-state index in [-0.39, 0.29) is 18.7 Å². The maximum absolute atomic E-state index is 11.7. The second kappa shape index (κ2) is 10.0. The summed E-state index contributed by atoms with van der Waals surface area (Å²) in [7, 11) is 1.63. The van der Waals surface area contributed by atoms with Gasteiger partial charge in [0.05, 0.1) is 19.8 Å². The number of ether oxygens (including phenoxy) is 2. The van der Waals surface area contributed by atoms with Gasteiger partial charge in [-0.2, -0.15) is 0 Å².